The molecule has 0 radical (unpaired) electrons. The lowest BCUT2D eigenvalue weighted by molar-refractivity contribution is 0.435. The molecule has 0 bridgehead atoms. The summed E-state index contributed by atoms with van der Waals surface area (Å²) < 4.78 is 1.61. The van der Waals surface area contributed by atoms with Crippen molar-refractivity contribution in [2.75, 3.05) is 0 Å². The minimum Gasteiger partial charge on any atom is -0.493 e. The molecule has 0 fully saturated rings. The monoisotopic (exact) mass is 340 g/mol. The summed E-state index contributed by atoms with van der Waals surface area (Å²) in [5, 5.41) is 15.8. The van der Waals surface area contributed by atoms with Gasteiger partial charge in [0.25, 0.3) is 0 Å². The van der Waals surface area contributed by atoms with E-state index in [1.54, 1.807) is 4.68 Å². The molecule has 0 aliphatic heterocycles. The predicted octanol–water partition coefficient (Wildman–Crippen LogP) is 5.53. The van der Waals surface area contributed by atoms with E-state index in [-0.39, 0.29) is 5.88 Å². The number of aromatic hydroxyl groups is 1. The molecule has 3 aromatic carbocycles. The number of benzene rings is 3. The molecule has 26 heavy (non-hydrogen) atoms. The van der Waals surface area contributed by atoms with Gasteiger partial charge in [0.2, 0.25) is 5.88 Å². The van der Waals surface area contributed by atoms with Crippen LogP contribution in [0.1, 0.15) is 11.1 Å². The second-order valence-corrected chi connectivity index (χ2v) is 6.53. The standard InChI is InChI=1S/C23H20N2O/c1-16-8-12-18(13-9-16)21-22(19-6-4-3-5-7-19)24-25(23(21)26)20-14-10-17(2)11-15-20/h3-15,26H,1-2H3. The van der Waals surface area contributed by atoms with Gasteiger partial charge >= 0.3 is 0 Å². The minimum atomic E-state index is 0.150. The Morgan fingerprint density at radius 3 is 1.88 bits per heavy atom. The van der Waals surface area contributed by atoms with E-state index in [1.807, 2.05) is 85.8 Å². The predicted molar refractivity (Wildman–Crippen MR) is 106 cm³/mol. The first-order valence-electron chi connectivity index (χ1n) is 8.65. The summed E-state index contributed by atoms with van der Waals surface area (Å²) >= 11 is 0. The van der Waals surface area contributed by atoms with Crippen LogP contribution in [0.5, 0.6) is 5.88 Å². The van der Waals surface area contributed by atoms with E-state index in [1.165, 1.54) is 11.1 Å². The van der Waals surface area contributed by atoms with Gasteiger partial charge < -0.3 is 5.11 Å². The Kier molecular flexibility index (Phi) is 4.05. The maximum atomic E-state index is 11.0. The van der Waals surface area contributed by atoms with Crippen molar-refractivity contribution in [3.63, 3.8) is 0 Å². The third kappa shape index (κ3) is 2.88. The third-order valence-corrected chi connectivity index (χ3v) is 4.53. The van der Waals surface area contributed by atoms with Crippen LogP contribution in [0.25, 0.3) is 28.1 Å². The molecule has 0 atom stereocenters. The van der Waals surface area contributed by atoms with Crippen LogP contribution < -0.4 is 0 Å². The van der Waals surface area contributed by atoms with E-state index in [0.717, 1.165) is 28.1 Å². The maximum Gasteiger partial charge on any atom is 0.222 e. The summed E-state index contributed by atoms with van der Waals surface area (Å²) in [5.74, 6) is 0.150. The van der Waals surface area contributed by atoms with Crippen molar-refractivity contribution in [1.82, 2.24) is 9.78 Å². The molecular weight excluding hydrogens is 320 g/mol. The smallest absolute Gasteiger partial charge is 0.222 e. The molecule has 0 saturated heterocycles. The van der Waals surface area contributed by atoms with Crippen molar-refractivity contribution >= 4 is 0 Å². The van der Waals surface area contributed by atoms with Gasteiger partial charge in [0.1, 0.15) is 5.69 Å². The zero-order chi connectivity index (χ0) is 18.1. The normalized spacial score (nSPS) is 10.8. The average Bonchev–Trinajstić information content (AvgIpc) is 3.01. The molecule has 3 nitrogen and oxygen atoms in total. The first kappa shape index (κ1) is 16.2. The van der Waals surface area contributed by atoms with Crippen LogP contribution in [0.2, 0.25) is 0 Å². The average molecular weight is 340 g/mol. The Morgan fingerprint density at radius 1 is 0.692 bits per heavy atom. The summed E-state index contributed by atoms with van der Waals surface area (Å²) in [6.07, 6.45) is 0. The van der Waals surface area contributed by atoms with Crippen molar-refractivity contribution in [2.24, 2.45) is 0 Å². The highest BCUT2D eigenvalue weighted by Gasteiger charge is 2.21. The van der Waals surface area contributed by atoms with Crippen LogP contribution in [-0.2, 0) is 0 Å². The zero-order valence-electron chi connectivity index (χ0n) is 14.8. The minimum absolute atomic E-state index is 0.150. The van der Waals surface area contributed by atoms with Gasteiger partial charge in [-0.2, -0.15) is 5.10 Å². The fourth-order valence-corrected chi connectivity index (χ4v) is 3.06. The van der Waals surface area contributed by atoms with Crippen molar-refractivity contribution in [3.05, 3.63) is 90.0 Å². The van der Waals surface area contributed by atoms with Crippen LogP contribution in [0.15, 0.2) is 78.9 Å². The largest absolute Gasteiger partial charge is 0.493 e. The second kappa shape index (κ2) is 6.52. The zero-order valence-corrected chi connectivity index (χ0v) is 14.8. The highest BCUT2D eigenvalue weighted by Crippen LogP contribution is 2.39. The van der Waals surface area contributed by atoms with E-state index in [4.69, 9.17) is 5.10 Å². The van der Waals surface area contributed by atoms with Gasteiger partial charge in [-0.25, -0.2) is 4.68 Å². The van der Waals surface area contributed by atoms with Gasteiger partial charge in [-0.3, -0.25) is 0 Å². The fourth-order valence-electron chi connectivity index (χ4n) is 3.06. The van der Waals surface area contributed by atoms with Crippen molar-refractivity contribution in [2.45, 2.75) is 13.8 Å². The molecule has 4 aromatic rings. The third-order valence-electron chi connectivity index (χ3n) is 4.53. The van der Waals surface area contributed by atoms with Crippen molar-refractivity contribution in [1.29, 1.82) is 0 Å². The number of aryl methyl sites for hydroxylation is 2. The maximum absolute atomic E-state index is 11.0. The molecule has 0 amide bonds. The highest BCUT2D eigenvalue weighted by molar-refractivity contribution is 5.85. The molecule has 0 spiro atoms. The highest BCUT2D eigenvalue weighted by atomic mass is 16.3. The molecule has 128 valence electrons. The first-order valence-corrected chi connectivity index (χ1v) is 8.65. The van der Waals surface area contributed by atoms with Crippen LogP contribution in [0.4, 0.5) is 0 Å². The number of hydrogen-bond acceptors (Lipinski definition) is 2. The Morgan fingerprint density at radius 2 is 1.27 bits per heavy atom. The number of hydrogen-bond donors (Lipinski definition) is 1. The quantitative estimate of drug-likeness (QED) is 0.532. The molecule has 0 aliphatic rings. The first-order chi connectivity index (χ1) is 12.6. The number of aromatic nitrogens is 2. The van der Waals surface area contributed by atoms with E-state index in [2.05, 4.69) is 6.92 Å². The number of rotatable bonds is 3. The second-order valence-electron chi connectivity index (χ2n) is 6.53. The molecule has 1 N–H and O–H groups in total. The van der Waals surface area contributed by atoms with E-state index < -0.39 is 0 Å². The SMILES string of the molecule is Cc1ccc(-c2c(-c3ccccc3)nn(-c3ccc(C)cc3)c2O)cc1. The Balaban J connectivity index is 1.96. The van der Waals surface area contributed by atoms with Crippen LogP contribution in [0.3, 0.4) is 0 Å². The molecule has 4 rings (SSSR count). The molecule has 3 heteroatoms. The van der Waals surface area contributed by atoms with Crippen LogP contribution in [0, 0.1) is 13.8 Å². The van der Waals surface area contributed by atoms with Gasteiger partial charge in [-0.15, -0.1) is 0 Å². The van der Waals surface area contributed by atoms with Gasteiger partial charge in [-0.1, -0.05) is 77.9 Å². The Hall–Kier alpha value is -3.33. The lowest BCUT2D eigenvalue weighted by Gasteiger charge is -2.05. The summed E-state index contributed by atoms with van der Waals surface area (Å²) in [6.45, 7) is 4.09. The van der Waals surface area contributed by atoms with E-state index in [0.29, 0.717) is 0 Å². The van der Waals surface area contributed by atoms with Crippen molar-refractivity contribution < 1.29 is 5.11 Å². The van der Waals surface area contributed by atoms with E-state index >= 15 is 0 Å². The molecule has 0 aliphatic carbocycles. The van der Waals surface area contributed by atoms with Gasteiger partial charge in [0.05, 0.1) is 11.3 Å². The summed E-state index contributed by atoms with van der Waals surface area (Å²) in [7, 11) is 0. The summed E-state index contributed by atoms with van der Waals surface area (Å²) in [4.78, 5) is 0. The van der Waals surface area contributed by atoms with Gasteiger partial charge in [-0.05, 0) is 31.5 Å². The molecular formula is C23H20N2O. The van der Waals surface area contributed by atoms with Crippen LogP contribution >= 0.6 is 0 Å². The molecule has 0 unspecified atom stereocenters. The number of nitrogens with zero attached hydrogens (tertiary/aromatic N) is 2. The Bertz CT molecular complexity index is 1030. The Labute approximate surface area is 153 Å². The van der Waals surface area contributed by atoms with Gasteiger partial charge in [0.15, 0.2) is 0 Å². The van der Waals surface area contributed by atoms with Crippen LogP contribution in [-0.4, -0.2) is 14.9 Å². The topological polar surface area (TPSA) is 38.0 Å². The fraction of sp³-hybridized carbons (Fsp3) is 0.0870. The summed E-state index contributed by atoms with van der Waals surface area (Å²) in [6, 6.07) is 26.1. The van der Waals surface area contributed by atoms with Crippen molar-refractivity contribution in [3.8, 4) is 34.0 Å². The molecule has 1 aromatic heterocycles. The summed E-state index contributed by atoms with van der Waals surface area (Å²) in [5.41, 5.74) is 6.63. The van der Waals surface area contributed by atoms with Gasteiger partial charge in [0, 0.05) is 5.56 Å². The molecule has 0 saturated carbocycles. The van der Waals surface area contributed by atoms with E-state index in [9.17, 15) is 5.11 Å². The lowest BCUT2D eigenvalue weighted by Crippen LogP contribution is -1.95. The molecule has 1 heterocycles. The lowest BCUT2D eigenvalue weighted by atomic mass is 10.0.